The molecule has 0 spiro atoms. The molecule has 0 aliphatic carbocycles. The van der Waals surface area contributed by atoms with Gasteiger partial charge in [-0.25, -0.2) is 4.39 Å². The summed E-state index contributed by atoms with van der Waals surface area (Å²) in [5, 5.41) is 2.79. The van der Waals surface area contributed by atoms with E-state index in [1.54, 1.807) is 19.2 Å². The molecule has 2 aromatic carbocycles. The lowest BCUT2D eigenvalue weighted by molar-refractivity contribution is 0.624. The predicted molar refractivity (Wildman–Crippen MR) is 81.7 cm³/mol. The molecule has 0 bridgehead atoms. The van der Waals surface area contributed by atoms with Gasteiger partial charge in [0.15, 0.2) is 0 Å². The first kappa shape index (κ1) is 13.6. The molecule has 0 radical (unpaired) electrons. The van der Waals surface area contributed by atoms with Gasteiger partial charge in [-0.1, -0.05) is 0 Å². The minimum Gasteiger partial charge on any atom is -0.383 e. The fraction of sp³-hybridized carbons (Fsp3) is 0.333. The molecule has 1 aliphatic heterocycles. The number of halogens is 1. The zero-order valence-electron chi connectivity index (χ0n) is 11.7. The number of piperazine rings is 1. The van der Waals surface area contributed by atoms with E-state index in [9.17, 15) is 14.0 Å². The summed E-state index contributed by atoms with van der Waals surface area (Å²) in [6.45, 7) is 2.79. The van der Waals surface area contributed by atoms with E-state index in [1.807, 2.05) is 4.90 Å². The lowest BCUT2D eigenvalue weighted by Crippen LogP contribution is -2.51. The van der Waals surface area contributed by atoms with Gasteiger partial charge in [0.05, 0.1) is 0 Å². The van der Waals surface area contributed by atoms with Gasteiger partial charge in [0.1, 0.15) is 17.2 Å². The SMILES string of the molecule is CNc1c(N2CCN(c3ccc(F)cc3)CC2)c(=O)c1=O. The Labute approximate surface area is 121 Å². The summed E-state index contributed by atoms with van der Waals surface area (Å²) in [7, 11) is 1.65. The van der Waals surface area contributed by atoms with Gasteiger partial charge in [-0.15, -0.1) is 0 Å². The topological polar surface area (TPSA) is 52.6 Å². The van der Waals surface area contributed by atoms with Gasteiger partial charge in [0.25, 0.3) is 10.9 Å². The first-order valence-corrected chi connectivity index (χ1v) is 6.88. The summed E-state index contributed by atoms with van der Waals surface area (Å²) in [6, 6.07) is 6.39. The van der Waals surface area contributed by atoms with E-state index in [1.165, 1.54) is 12.1 Å². The largest absolute Gasteiger partial charge is 0.383 e. The van der Waals surface area contributed by atoms with E-state index in [-0.39, 0.29) is 5.82 Å². The van der Waals surface area contributed by atoms with E-state index >= 15 is 0 Å². The van der Waals surface area contributed by atoms with Crippen LogP contribution >= 0.6 is 0 Å². The smallest absolute Gasteiger partial charge is 0.253 e. The molecule has 1 saturated heterocycles. The summed E-state index contributed by atoms with van der Waals surface area (Å²) in [5.41, 5.74) is 1.04. The second-order valence-electron chi connectivity index (χ2n) is 5.08. The highest BCUT2D eigenvalue weighted by Crippen LogP contribution is 2.23. The van der Waals surface area contributed by atoms with Crippen molar-refractivity contribution in [2.24, 2.45) is 0 Å². The Kier molecular flexibility index (Phi) is 3.37. The van der Waals surface area contributed by atoms with Crippen LogP contribution in [0.5, 0.6) is 0 Å². The van der Waals surface area contributed by atoms with Crippen molar-refractivity contribution in [2.45, 2.75) is 0 Å². The van der Waals surface area contributed by atoms with Crippen LogP contribution in [0.15, 0.2) is 33.9 Å². The maximum atomic E-state index is 12.9. The number of hydrogen-bond donors (Lipinski definition) is 1. The molecule has 5 nitrogen and oxygen atoms in total. The zero-order valence-corrected chi connectivity index (χ0v) is 11.7. The lowest BCUT2D eigenvalue weighted by atomic mass is 10.1. The van der Waals surface area contributed by atoms with Crippen LogP contribution in [0.1, 0.15) is 0 Å². The quantitative estimate of drug-likeness (QED) is 0.847. The van der Waals surface area contributed by atoms with Gasteiger partial charge in [0, 0.05) is 38.9 Å². The van der Waals surface area contributed by atoms with Gasteiger partial charge >= 0.3 is 0 Å². The molecule has 0 atom stereocenters. The molecule has 0 aromatic heterocycles. The number of nitrogens with one attached hydrogen (secondary N) is 1. The standard InChI is InChI=1S/C15H16FN3O2/c1-17-12-13(15(21)14(12)20)19-8-6-18(7-9-19)11-4-2-10(16)3-5-11/h2-5,17H,6-9H2,1H3. The number of anilines is 3. The summed E-state index contributed by atoms with van der Waals surface area (Å²) < 4.78 is 12.9. The van der Waals surface area contributed by atoms with Crippen molar-refractivity contribution in [1.29, 1.82) is 0 Å². The first-order valence-electron chi connectivity index (χ1n) is 6.88. The minimum absolute atomic E-state index is 0.250. The maximum Gasteiger partial charge on any atom is 0.253 e. The second-order valence-corrected chi connectivity index (χ2v) is 5.08. The molecule has 2 aromatic rings. The van der Waals surface area contributed by atoms with E-state index in [0.29, 0.717) is 24.5 Å². The van der Waals surface area contributed by atoms with Crippen molar-refractivity contribution in [3.8, 4) is 0 Å². The zero-order chi connectivity index (χ0) is 15.0. The van der Waals surface area contributed by atoms with E-state index < -0.39 is 10.9 Å². The van der Waals surface area contributed by atoms with Crippen LogP contribution in [0.25, 0.3) is 0 Å². The Morgan fingerprint density at radius 3 is 2.10 bits per heavy atom. The molecule has 0 saturated carbocycles. The molecule has 6 heteroatoms. The molecule has 1 fully saturated rings. The van der Waals surface area contributed by atoms with Gasteiger partial charge in [-0.2, -0.15) is 0 Å². The normalized spacial score (nSPS) is 15.5. The Hall–Kier alpha value is -2.37. The van der Waals surface area contributed by atoms with Crippen LogP contribution in [0.4, 0.5) is 21.5 Å². The number of hydrogen-bond acceptors (Lipinski definition) is 5. The Morgan fingerprint density at radius 1 is 0.952 bits per heavy atom. The third-order valence-electron chi connectivity index (χ3n) is 3.92. The maximum absolute atomic E-state index is 12.9. The minimum atomic E-state index is -0.437. The summed E-state index contributed by atoms with van der Waals surface area (Å²) in [4.78, 5) is 27.2. The highest BCUT2D eigenvalue weighted by atomic mass is 19.1. The Morgan fingerprint density at radius 2 is 1.52 bits per heavy atom. The van der Waals surface area contributed by atoms with Crippen LogP contribution in [-0.2, 0) is 0 Å². The predicted octanol–water partition coefficient (Wildman–Crippen LogP) is 0.790. The van der Waals surface area contributed by atoms with Crippen LogP contribution in [-0.4, -0.2) is 33.2 Å². The fourth-order valence-electron chi connectivity index (χ4n) is 2.75. The molecule has 1 N–H and O–H groups in total. The van der Waals surface area contributed by atoms with Gasteiger partial charge < -0.3 is 15.1 Å². The lowest BCUT2D eigenvalue weighted by Gasteiger charge is -2.38. The van der Waals surface area contributed by atoms with Crippen LogP contribution in [0.2, 0.25) is 0 Å². The van der Waals surface area contributed by atoms with Crippen molar-refractivity contribution < 1.29 is 4.39 Å². The summed E-state index contributed by atoms with van der Waals surface area (Å²) in [6.07, 6.45) is 0. The van der Waals surface area contributed by atoms with Crippen molar-refractivity contribution in [1.82, 2.24) is 0 Å². The average molecular weight is 289 g/mol. The molecule has 0 unspecified atom stereocenters. The van der Waals surface area contributed by atoms with Crippen LogP contribution < -0.4 is 26.0 Å². The van der Waals surface area contributed by atoms with Crippen molar-refractivity contribution in [3.05, 3.63) is 50.5 Å². The first-order chi connectivity index (χ1) is 10.1. The van der Waals surface area contributed by atoms with Gasteiger partial charge in [-0.3, -0.25) is 9.59 Å². The molecule has 3 rings (SSSR count). The molecule has 0 amide bonds. The molecular weight excluding hydrogens is 273 g/mol. The van der Waals surface area contributed by atoms with E-state index in [2.05, 4.69) is 10.2 Å². The van der Waals surface area contributed by atoms with Crippen molar-refractivity contribution in [3.63, 3.8) is 0 Å². The summed E-state index contributed by atoms with van der Waals surface area (Å²) >= 11 is 0. The monoisotopic (exact) mass is 289 g/mol. The average Bonchev–Trinajstić information content (AvgIpc) is 2.52. The second kappa shape index (κ2) is 5.20. The van der Waals surface area contributed by atoms with Crippen molar-refractivity contribution >= 4 is 17.1 Å². The highest BCUT2D eigenvalue weighted by molar-refractivity contribution is 5.75. The van der Waals surface area contributed by atoms with Gasteiger partial charge in [0.2, 0.25) is 0 Å². The third-order valence-corrected chi connectivity index (χ3v) is 3.92. The van der Waals surface area contributed by atoms with Crippen molar-refractivity contribution in [2.75, 3.05) is 48.3 Å². The fourth-order valence-corrected chi connectivity index (χ4v) is 2.75. The van der Waals surface area contributed by atoms with E-state index in [4.69, 9.17) is 0 Å². The molecule has 110 valence electrons. The van der Waals surface area contributed by atoms with E-state index in [0.717, 1.165) is 18.8 Å². The number of nitrogens with zero attached hydrogens (tertiary/aromatic N) is 2. The van der Waals surface area contributed by atoms with Gasteiger partial charge in [-0.05, 0) is 24.3 Å². The van der Waals surface area contributed by atoms with Crippen LogP contribution in [0, 0.1) is 5.82 Å². The molecule has 1 aliphatic rings. The molecular formula is C15H16FN3O2. The van der Waals surface area contributed by atoms with Crippen LogP contribution in [0.3, 0.4) is 0 Å². The number of rotatable bonds is 3. The molecule has 1 heterocycles. The summed E-state index contributed by atoms with van der Waals surface area (Å²) in [5.74, 6) is -0.250. The third kappa shape index (κ3) is 2.26. The molecule has 21 heavy (non-hydrogen) atoms. The number of benzene rings is 1. The Bertz CT molecular complexity index is 711. The highest BCUT2D eigenvalue weighted by Gasteiger charge is 2.27. The Balaban J connectivity index is 1.71.